The number of amides is 1. The van der Waals surface area contributed by atoms with E-state index in [2.05, 4.69) is 17.2 Å². The molecule has 0 radical (unpaired) electrons. The molecule has 1 spiro atoms. The van der Waals surface area contributed by atoms with Gasteiger partial charge in [-0.15, -0.1) is 0 Å². The van der Waals surface area contributed by atoms with Crippen LogP contribution in [-0.2, 0) is 14.9 Å². The van der Waals surface area contributed by atoms with E-state index in [1.165, 1.54) is 0 Å². The van der Waals surface area contributed by atoms with Crippen LogP contribution >= 0.6 is 0 Å². The molecule has 2 aliphatic rings. The van der Waals surface area contributed by atoms with Gasteiger partial charge in [0.15, 0.2) is 0 Å². The Morgan fingerprint density at radius 2 is 2.05 bits per heavy atom. The number of aromatic nitrogens is 1. The molecule has 4 rings (SSSR count). The molecular weight excluding hydrogens is 252 g/mol. The first-order chi connectivity index (χ1) is 9.58. The summed E-state index contributed by atoms with van der Waals surface area (Å²) in [6, 6.07) is 8.00. The average Bonchev–Trinajstić information content (AvgIpc) is 2.71. The van der Waals surface area contributed by atoms with Gasteiger partial charge in [-0.25, -0.2) is 0 Å². The number of hydrogen-bond donors (Lipinski definition) is 1. The lowest BCUT2D eigenvalue weighted by molar-refractivity contribution is -0.143. The Morgan fingerprint density at radius 1 is 1.30 bits per heavy atom. The van der Waals surface area contributed by atoms with Gasteiger partial charge in [0.25, 0.3) is 0 Å². The molecule has 1 aromatic carbocycles. The van der Waals surface area contributed by atoms with Gasteiger partial charge in [-0.05, 0) is 25.8 Å². The lowest BCUT2D eigenvalue weighted by atomic mass is 9.56. The highest BCUT2D eigenvalue weighted by Crippen LogP contribution is 2.58. The van der Waals surface area contributed by atoms with Gasteiger partial charge in [0.05, 0.1) is 28.4 Å². The Bertz CT molecular complexity index is 732. The fraction of sp³-hybridized carbons (Fsp3) is 0.375. The van der Waals surface area contributed by atoms with Crippen LogP contribution in [0.3, 0.4) is 0 Å². The lowest BCUT2D eigenvalue weighted by Gasteiger charge is -2.50. The first-order valence-electron chi connectivity index (χ1n) is 6.83. The molecule has 0 atom stereocenters. The van der Waals surface area contributed by atoms with Crippen LogP contribution in [0.2, 0.25) is 0 Å². The van der Waals surface area contributed by atoms with Crippen LogP contribution in [0.4, 0.5) is 5.69 Å². The van der Waals surface area contributed by atoms with Crippen LogP contribution in [-0.4, -0.2) is 23.6 Å². The molecule has 0 saturated heterocycles. The Hall–Kier alpha value is -1.94. The van der Waals surface area contributed by atoms with Crippen molar-refractivity contribution in [2.24, 2.45) is 0 Å². The van der Waals surface area contributed by atoms with Gasteiger partial charge in [0.2, 0.25) is 5.91 Å². The van der Waals surface area contributed by atoms with E-state index >= 15 is 0 Å². The van der Waals surface area contributed by atoms with Crippen molar-refractivity contribution in [3.05, 3.63) is 36.0 Å². The summed E-state index contributed by atoms with van der Waals surface area (Å²) in [5, 5.41) is 4.06. The van der Waals surface area contributed by atoms with Crippen molar-refractivity contribution in [3.8, 4) is 0 Å². The molecule has 0 unspecified atom stereocenters. The number of hydrogen-bond acceptors (Lipinski definition) is 3. The van der Waals surface area contributed by atoms with Gasteiger partial charge in [0.1, 0.15) is 0 Å². The summed E-state index contributed by atoms with van der Waals surface area (Å²) < 4.78 is 5.54. The van der Waals surface area contributed by atoms with Crippen molar-refractivity contribution in [1.29, 1.82) is 0 Å². The Kier molecular flexibility index (Phi) is 2.12. The summed E-state index contributed by atoms with van der Waals surface area (Å²) in [4.78, 5) is 16.9. The van der Waals surface area contributed by atoms with E-state index in [0.29, 0.717) is 0 Å². The van der Waals surface area contributed by atoms with E-state index in [0.717, 1.165) is 35.0 Å². The lowest BCUT2D eigenvalue weighted by Crippen LogP contribution is -2.57. The summed E-state index contributed by atoms with van der Waals surface area (Å²) in [5.41, 5.74) is 2.24. The molecule has 1 amide bonds. The van der Waals surface area contributed by atoms with Gasteiger partial charge in [0, 0.05) is 18.1 Å². The number of fused-ring (bicyclic) bond motifs is 4. The van der Waals surface area contributed by atoms with Gasteiger partial charge in [-0.1, -0.05) is 18.2 Å². The largest absolute Gasteiger partial charge is 0.378 e. The quantitative estimate of drug-likeness (QED) is 0.865. The fourth-order valence-corrected chi connectivity index (χ4v) is 3.81. The highest BCUT2D eigenvalue weighted by atomic mass is 16.5. The number of para-hydroxylation sites is 1. The zero-order valence-corrected chi connectivity index (χ0v) is 11.6. The van der Waals surface area contributed by atoms with E-state index in [1.807, 2.05) is 24.3 Å². The molecule has 1 aliphatic carbocycles. The molecule has 1 N–H and O–H groups in total. The number of methoxy groups -OCH3 is 1. The third-order valence-electron chi connectivity index (χ3n) is 4.78. The van der Waals surface area contributed by atoms with Crippen molar-refractivity contribution in [1.82, 2.24) is 4.98 Å². The summed E-state index contributed by atoms with van der Waals surface area (Å²) in [6.45, 7) is 2.06. The molecule has 102 valence electrons. The minimum Gasteiger partial charge on any atom is -0.378 e. The number of anilines is 1. The van der Waals surface area contributed by atoms with E-state index < -0.39 is 5.41 Å². The fourth-order valence-electron chi connectivity index (χ4n) is 3.81. The number of ether oxygens (including phenoxy) is 1. The van der Waals surface area contributed by atoms with Crippen molar-refractivity contribution in [2.45, 2.75) is 30.8 Å². The topological polar surface area (TPSA) is 51.2 Å². The van der Waals surface area contributed by atoms with Crippen LogP contribution < -0.4 is 5.32 Å². The zero-order valence-electron chi connectivity index (χ0n) is 11.6. The summed E-state index contributed by atoms with van der Waals surface area (Å²) in [6.07, 6.45) is 3.22. The third-order valence-corrected chi connectivity index (χ3v) is 4.78. The molecule has 4 nitrogen and oxygen atoms in total. The molecule has 1 aliphatic heterocycles. The van der Waals surface area contributed by atoms with Crippen molar-refractivity contribution < 1.29 is 9.53 Å². The summed E-state index contributed by atoms with van der Waals surface area (Å²) in [7, 11) is 1.71. The second kappa shape index (κ2) is 3.58. The van der Waals surface area contributed by atoms with Crippen molar-refractivity contribution in [3.63, 3.8) is 0 Å². The van der Waals surface area contributed by atoms with E-state index in [4.69, 9.17) is 4.74 Å². The zero-order chi connectivity index (χ0) is 14.0. The third kappa shape index (κ3) is 1.29. The molecular formula is C16H16N2O2. The van der Waals surface area contributed by atoms with Crippen LogP contribution in [0, 0.1) is 0 Å². The van der Waals surface area contributed by atoms with Crippen LogP contribution in [0.1, 0.15) is 25.3 Å². The highest BCUT2D eigenvalue weighted by molar-refractivity contribution is 6.11. The van der Waals surface area contributed by atoms with Crippen molar-refractivity contribution >= 4 is 22.5 Å². The normalized spacial score (nSPS) is 31.2. The maximum Gasteiger partial charge on any atom is 0.235 e. The summed E-state index contributed by atoms with van der Waals surface area (Å²) >= 11 is 0. The van der Waals surface area contributed by atoms with Gasteiger partial charge in [-0.2, -0.15) is 0 Å². The Balaban J connectivity index is 1.94. The second-order valence-corrected chi connectivity index (χ2v) is 6.11. The van der Waals surface area contributed by atoms with E-state index in [9.17, 15) is 4.79 Å². The maximum atomic E-state index is 12.5. The smallest absolute Gasteiger partial charge is 0.235 e. The number of carbonyl (C=O) groups excluding carboxylic acids is 1. The number of rotatable bonds is 1. The SMILES string of the molecule is COC1(C)CC2(C1)C(=O)Nc1cnc3ccccc3c12. The predicted molar refractivity (Wildman–Crippen MR) is 76.7 cm³/mol. The van der Waals surface area contributed by atoms with Crippen LogP contribution in [0.25, 0.3) is 10.9 Å². The number of pyridine rings is 1. The number of benzene rings is 1. The number of carbonyl (C=O) groups is 1. The molecule has 20 heavy (non-hydrogen) atoms. The number of nitrogens with zero attached hydrogens (tertiary/aromatic N) is 1. The van der Waals surface area contributed by atoms with E-state index in [1.54, 1.807) is 13.3 Å². The predicted octanol–water partition coefficient (Wildman–Crippen LogP) is 2.62. The molecule has 1 saturated carbocycles. The first kappa shape index (κ1) is 11.9. The second-order valence-electron chi connectivity index (χ2n) is 6.11. The molecule has 2 heterocycles. The van der Waals surface area contributed by atoms with Gasteiger partial charge < -0.3 is 10.1 Å². The van der Waals surface area contributed by atoms with Gasteiger partial charge >= 0.3 is 0 Å². The molecule has 4 heteroatoms. The monoisotopic (exact) mass is 268 g/mol. The van der Waals surface area contributed by atoms with Crippen molar-refractivity contribution in [2.75, 3.05) is 12.4 Å². The maximum absolute atomic E-state index is 12.5. The van der Waals surface area contributed by atoms with Crippen LogP contribution in [0.15, 0.2) is 30.5 Å². The molecule has 2 aromatic rings. The minimum atomic E-state index is -0.442. The Labute approximate surface area is 117 Å². The average molecular weight is 268 g/mol. The highest BCUT2D eigenvalue weighted by Gasteiger charge is 2.61. The van der Waals surface area contributed by atoms with E-state index in [-0.39, 0.29) is 11.5 Å². The minimum absolute atomic E-state index is 0.0835. The molecule has 0 bridgehead atoms. The molecule has 1 aromatic heterocycles. The van der Waals surface area contributed by atoms with Crippen LogP contribution in [0.5, 0.6) is 0 Å². The first-order valence-corrected chi connectivity index (χ1v) is 6.83. The Morgan fingerprint density at radius 3 is 2.80 bits per heavy atom. The molecule has 1 fully saturated rings. The van der Waals surface area contributed by atoms with Gasteiger partial charge in [-0.3, -0.25) is 9.78 Å². The standard InChI is InChI=1S/C16H16N2O2/c1-15(20-2)8-16(9-15)13-10-5-3-4-6-11(10)17-7-12(13)18-14(16)19/h3-7H,8-9H2,1-2H3,(H,18,19). The summed E-state index contributed by atoms with van der Waals surface area (Å²) in [5.74, 6) is 0.0835. The number of nitrogens with one attached hydrogen (secondary N) is 1.